The Morgan fingerprint density at radius 2 is 1.76 bits per heavy atom. The molecule has 84 valence electrons. The van der Waals surface area contributed by atoms with Gasteiger partial charge in [0.2, 0.25) is 0 Å². The van der Waals surface area contributed by atoms with Gasteiger partial charge in [-0.05, 0) is 6.08 Å². The first-order chi connectivity index (χ1) is 8.34. The minimum absolute atomic E-state index is 0.112. The van der Waals surface area contributed by atoms with Crippen LogP contribution < -0.4 is 0 Å². The SMILES string of the molecule is O=C1C=C(c2ccccc2)OC2C=CC=CC12. The second-order valence-corrected chi connectivity index (χ2v) is 4.16. The predicted molar refractivity (Wildman–Crippen MR) is 66.1 cm³/mol. The highest BCUT2D eigenvalue weighted by Gasteiger charge is 2.31. The summed E-state index contributed by atoms with van der Waals surface area (Å²) in [6.45, 7) is 0. The van der Waals surface area contributed by atoms with Crippen LogP contribution in [0.15, 0.2) is 60.7 Å². The summed E-state index contributed by atoms with van der Waals surface area (Å²) in [5, 5.41) is 0. The van der Waals surface area contributed by atoms with E-state index in [0.717, 1.165) is 5.56 Å². The number of benzene rings is 1. The lowest BCUT2D eigenvalue weighted by atomic mass is 9.90. The highest BCUT2D eigenvalue weighted by atomic mass is 16.5. The first-order valence-electron chi connectivity index (χ1n) is 5.67. The molecule has 2 heteroatoms. The van der Waals surface area contributed by atoms with E-state index < -0.39 is 0 Å². The Bertz CT molecular complexity index is 523. The maximum absolute atomic E-state index is 12.0. The average molecular weight is 224 g/mol. The van der Waals surface area contributed by atoms with Gasteiger partial charge in [0.05, 0.1) is 5.92 Å². The molecule has 2 atom stereocenters. The minimum atomic E-state index is -0.160. The summed E-state index contributed by atoms with van der Waals surface area (Å²) in [6.07, 6.45) is 9.07. The van der Waals surface area contributed by atoms with Crippen LogP contribution in [-0.4, -0.2) is 11.9 Å². The second-order valence-electron chi connectivity index (χ2n) is 4.16. The van der Waals surface area contributed by atoms with E-state index in [9.17, 15) is 4.79 Å². The monoisotopic (exact) mass is 224 g/mol. The standard InChI is InChI=1S/C15H12O2/c16-13-10-15(11-6-2-1-3-7-11)17-14-9-5-4-8-12(13)14/h1-10,12,14H. The van der Waals surface area contributed by atoms with E-state index in [2.05, 4.69) is 0 Å². The normalized spacial score (nSPS) is 26.1. The molecule has 1 aliphatic carbocycles. The van der Waals surface area contributed by atoms with Crippen molar-refractivity contribution in [1.29, 1.82) is 0 Å². The van der Waals surface area contributed by atoms with Crippen LogP contribution in [0, 0.1) is 5.92 Å². The van der Waals surface area contributed by atoms with Gasteiger partial charge in [0, 0.05) is 11.6 Å². The number of carbonyl (C=O) groups is 1. The van der Waals surface area contributed by atoms with E-state index in [0.29, 0.717) is 5.76 Å². The molecule has 1 aromatic carbocycles. The number of ether oxygens (including phenoxy) is 1. The summed E-state index contributed by atoms with van der Waals surface area (Å²) in [5.41, 5.74) is 0.947. The Kier molecular flexibility index (Phi) is 2.41. The summed E-state index contributed by atoms with van der Waals surface area (Å²) in [6, 6.07) is 9.71. The van der Waals surface area contributed by atoms with Crippen molar-refractivity contribution in [3.63, 3.8) is 0 Å². The Balaban J connectivity index is 1.96. The molecule has 1 aromatic rings. The molecular formula is C15H12O2. The van der Waals surface area contributed by atoms with E-state index in [1.54, 1.807) is 6.08 Å². The third-order valence-corrected chi connectivity index (χ3v) is 3.01. The minimum Gasteiger partial charge on any atom is -0.484 e. The van der Waals surface area contributed by atoms with Crippen molar-refractivity contribution in [3.05, 3.63) is 66.3 Å². The molecule has 0 aromatic heterocycles. The van der Waals surface area contributed by atoms with Gasteiger partial charge in [0.1, 0.15) is 11.9 Å². The third kappa shape index (κ3) is 1.82. The van der Waals surface area contributed by atoms with Crippen molar-refractivity contribution in [2.24, 2.45) is 5.92 Å². The third-order valence-electron chi connectivity index (χ3n) is 3.01. The van der Waals surface area contributed by atoms with E-state index in [1.807, 2.05) is 54.6 Å². The van der Waals surface area contributed by atoms with Gasteiger partial charge in [0.25, 0.3) is 0 Å². The molecule has 2 aliphatic rings. The lowest BCUT2D eigenvalue weighted by Gasteiger charge is -2.28. The second kappa shape index (κ2) is 4.06. The molecular weight excluding hydrogens is 212 g/mol. The van der Waals surface area contributed by atoms with Gasteiger partial charge in [-0.2, -0.15) is 0 Å². The summed E-state index contributed by atoms with van der Waals surface area (Å²) in [7, 11) is 0. The zero-order chi connectivity index (χ0) is 11.7. The number of allylic oxidation sites excluding steroid dienone is 3. The summed E-state index contributed by atoms with van der Waals surface area (Å²) in [5.74, 6) is 0.616. The first-order valence-corrected chi connectivity index (χ1v) is 5.67. The first kappa shape index (κ1) is 10.1. The molecule has 1 heterocycles. The Labute approximate surface area is 99.9 Å². The average Bonchev–Trinajstić information content (AvgIpc) is 2.40. The van der Waals surface area contributed by atoms with Crippen LogP contribution in [0.4, 0.5) is 0 Å². The Morgan fingerprint density at radius 3 is 2.59 bits per heavy atom. The van der Waals surface area contributed by atoms with Crippen molar-refractivity contribution in [2.45, 2.75) is 6.10 Å². The molecule has 0 saturated carbocycles. The topological polar surface area (TPSA) is 26.3 Å². The van der Waals surface area contributed by atoms with Crippen LogP contribution in [0.1, 0.15) is 5.56 Å². The van der Waals surface area contributed by atoms with Crippen molar-refractivity contribution < 1.29 is 9.53 Å². The molecule has 0 bridgehead atoms. The van der Waals surface area contributed by atoms with Crippen LogP contribution in [0.25, 0.3) is 5.76 Å². The molecule has 0 saturated heterocycles. The van der Waals surface area contributed by atoms with Gasteiger partial charge in [-0.25, -0.2) is 0 Å². The Morgan fingerprint density at radius 1 is 1.00 bits per heavy atom. The fraction of sp³-hybridized carbons (Fsp3) is 0.133. The summed E-state index contributed by atoms with van der Waals surface area (Å²) < 4.78 is 5.85. The van der Waals surface area contributed by atoms with Crippen molar-refractivity contribution in [3.8, 4) is 0 Å². The van der Waals surface area contributed by atoms with E-state index >= 15 is 0 Å². The number of fused-ring (bicyclic) bond motifs is 1. The highest BCUT2D eigenvalue weighted by molar-refractivity contribution is 6.00. The van der Waals surface area contributed by atoms with Crippen molar-refractivity contribution in [2.75, 3.05) is 0 Å². The maximum atomic E-state index is 12.0. The van der Waals surface area contributed by atoms with Crippen LogP contribution in [0.5, 0.6) is 0 Å². The number of hydrogen-bond acceptors (Lipinski definition) is 2. The Hall–Kier alpha value is -2.09. The molecule has 0 N–H and O–H groups in total. The fourth-order valence-electron chi connectivity index (χ4n) is 2.12. The molecule has 3 rings (SSSR count). The van der Waals surface area contributed by atoms with E-state index in [1.165, 1.54) is 0 Å². The van der Waals surface area contributed by atoms with Crippen LogP contribution in [0.3, 0.4) is 0 Å². The summed E-state index contributed by atoms with van der Waals surface area (Å²) >= 11 is 0. The molecule has 17 heavy (non-hydrogen) atoms. The van der Waals surface area contributed by atoms with Crippen LogP contribution in [0.2, 0.25) is 0 Å². The lowest BCUT2D eigenvalue weighted by Crippen LogP contribution is -2.31. The van der Waals surface area contributed by atoms with Gasteiger partial charge in [-0.1, -0.05) is 48.6 Å². The molecule has 0 radical (unpaired) electrons. The number of carbonyl (C=O) groups excluding carboxylic acids is 1. The largest absolute Gasteiger partial charge is 0.484 e. The maximum Gasteiger partial charge on any atom is 0.170 e. The molecule has 1 aliphatic heterocycles. The number of rotatable bonds is 1. The fourth-order valence-corrected chi connectivity index (χ4v) is 2.12. The molecule has 0 amide bonds. The van der Waals surface area contributed by atoms with Gasteiger partial charge in [-0.3, -0.25) is 4.79 Å². The van der Waals surface area contributed by atoms with Crippen LogP contribution >= 0.6 is 0 Å². The summed E-state index contributed by atoms with van der Waals surface area (Å²) in [4.78, 5) is 12.0. The zero-order valence-electron chi connectivity index (χ0n) is 9.24. The van der Waals surface area contributed by atoms with Gasteiger partial charge in [0.15, 0.2) is 5.78 Å². The van der Waals surface area contributed by atoms with Crippen LogP contribution in [-0.2, 0) is 9.53 Å². The smallest absolute Gasteiger partial charge is 0.170 e. The quantitative estimate of drug-likeness (QED) is 0.733. The van der Waals surface area contributed by atoms with Gasteiger partial charge < -0.3 is 4.74 Å². The highest BCUT2D eigenvalue weighted by Crippen LogP contribution is 2.30. The van der Waals surface area contributed by atoms with Gasteiger partial charge >= 0.3 is 0 Å². The molecule has 2 nitrogen and oxygen atoms in total. The van der Waals surface area contributed by atoms with E-state index in [-0.39, 0.29) is 17.8 Å². The zero-order valence-corrected chi connectivity index (χ0v) is 9.24. The number of ketones is 1. The van der Waals surface area contributed by atoms with E-state index in [4.69, 9.17) is 4.74 Å². The molecule has 0 fully saturated rings. The predicted octanol–water partition coefficient (Wildman–Crippen LogP) is 2.74. The van der Waals surface area contributed by atoms with Crippen molar-refractivity contribution >= 4 is 11.5 Å². The lowest BCUT2D eigenvalue weighted by molar-refractivity contribution is -0.120. The molecule has 2 unspecified atom stereocenters. The van der Waals surface area contributed by atoms with Gasteiger partial charge in [-0.15, -0.1) is 0 Å². The number of hydrogen-bond donors (Lipinski definition) is 0. The molecule has 0 spiro atoms. The van der Waals surface area contributed by atoms with Crippen molar-refractivity contribution in [1.82, 2.24) is 0 Å².